The van der Waals surface area contributed by atoms with Gasteiger partial charge in [-0.15, -0.1) is 0 Å². The maximum atomic E-state index is 12.5. The number of anilines is 2. The van der Waals surface area contributed by atoms with E-state index < -0.39 is 0 Å². The lowest BCUT2D eigenvalue weighted by molar-refractivity contribution is -0.126. The number of carbonyl (C=O) groups excluding carboxylic acids is 1. The van der Waals surface area contributed by atoms with Crippen LogP contribution in [0, 0.1) is 5.92 Å². The predicted octanol–water partition coefficient (Wildman–Crippen LogP) is 1.59. The maximum Gasteiger partial charge on any atom is 0.223 e. The van der Waals surface area contributed by atoms with Crippen molar-refractivity contribution in [2.24, 2.45) is 5.92 Å². The molecule has 0 aliphatic carbocycles. The Labute approximate surface area is 155 Å². The van der Waals surface area contributed by atoms with Gasteiger partial charge in [0.15, 0.2) is 5.82 Å². The first kappa shape index (κ1) is 17.5. The number of ether oxygens (including phenoxy) is 1. The lowest BCUT2D eigenvalue weighted by Crippen LogP contribution is -2.42. The Balaban J connectivity index is 1.31. The van der Waals surface area contributed by atoms with Crippen LogP contribution in [0.2, 0.25) is 0 Å². The van der Waals surface area contributed by atoms with E-state index in [0.29, 0.717) is 6.54 Å². The molecule has 0 unspecified atom stereocenters. The van der Waals surface area contributed by atoms with Crippen LogP contribution in [0.1, 0.15) is 38.5 Å². The molecule has 0 spiro atoms. The summed E-state index contributed by atoms with van der Waals surface area (Å²) < 4.78 is 5.59. The molecule has 0 saturated carbocycles. The molecule has 3 aliphatic heterocycles. The van der Waals surface area contributed by atoms with Gasteiger partial charge in [0.05, 0.1) is 18.0 Å². The molecule has 26 heavy (non-hydrogen) atoms. The van der Waals surface area contributed by atoms with E-state index in [2.05, 4.69) is 25.1 Å². The molecule has 3 fully saturated rings. The minimum Gasteiger partial charge on any atom is -0.376 e. The van der Waals surface area contributed by atoms with Gasteiger partial charge in [0.2, 0.25) is 5.91 Å². The summed E-state index contributed by atoms with van der Waals surface area (Å²) in [4.78, 5) is 25.9. The van der Waals surface area contributed by atoms with E-state index in [-0.39, 0.29) is 17.9 Å². The monoisotopic (exact) mass is 359 g/mol. The molecule has 0 radical (unpaired) electrons. The Hall–Kier alpha value is -1.89. The fraction of sp³-hybridized carbons (Fsp3) is 0.737. The second-order valence-corrected chi connectivity index (χ2v) is 7.57. The summed E-state index contributed by atoms with van der Waals surface area (Å²) in [5.74, 6) is 1.34. The summed E-state index contributed by atoms with van der Waals surface area (Å²) in [7, 11) is 0. The molecule has 1 aromatic rings. The quantitative estimate of drug-likeness (QED) is 0.861. The summed E-state index contributed by atoms with van der Waals surface area (Å²) in [6.45, 7) is 5.40. The molecule has 0 bridgehead atoms. The summed E-state index contributed by atoms with van der Waals surface area (Å²) in [6.07, 6.45) is 10.2. The molecule has 1 atom stereocenters. The van der Waals surface area contributed by atoms with Crippen molar-refractivity contribution in [1.82, 2.24) is 15.3 Å². The van der Waals surface area contributed by atoms with Crippen LogP contribution in [-0.2, 0) is 9.53 Å². The van der Waals surface area contributed by atoms with Gasteiger partial charge in [-0.3, -0.25) is 4.79 Å². The zero-order valence-corrected chi connectivity index (χ0v) is 15.4. The number of nitrogens with zero attached hydrogens (tertiary/aromatic N) is 4. The number of hydrogen-bond donors (Lipinski definition) is 1. The highest BCUT2D eigenvalue weighted by atomic mass is 16.5. The zero-order valence-electron chi connectivity index (χ0n) is 15.4. The van der Waals surface area contributed by atoms with Crippen LogP contribution in [0.3, 0.4) is 0 Å². The predicted molar refractivity (Wildman–Crippen MR) is 100 cm³/mol. The van der Waals surface area contributed by atoms with Crippen molar-refractivity contribution in [3.8, 4) is 0 Å². The SMILES string of the molecule is O=C(NC[C@@H]1CCCO1)C1CCN(c2cncnc2N2CCCC2)CC1. The smallest absolute Gasteiger partial charge is 0.223 e. The Morgan fingerprint density at radius 1 is 1.12 bits per heavy atom. The highest BCUT2D eigenvalue weighted by Crippen LogP contribution is 2.31. The molecule has 142 valence electrons. The summed E-state index contributed by atoms with van der Waals surface area (Å²) >= 11 is 0. The van der Waals surface area contributed by atoms with Crippen molar-refractivity contribution in [3.63, 3.8) is 0 Å². The number of rotatable bonds is 5. The average Bonchev–Trinajstić information content (AvgIpc) is 3.40. The van der Waals surface area contributed by atoms with Gasteiger partial charge in [-0.25, -0.2) is 9.97 Å². The molecular formula is C19H29N5O2. The average molecular weight is 359 g/mol. The van der Waals surface area contributed by atoms with Gasteiger partial charge in [0.1, 0.15) is 6.33 Å². The first-order valence-electron chi connectivity index (χ1n) is 10.0. The number of hydrogen-bond acceptors (Lipinski definition) is 6. The minimum atomic E-state index is 0.104. The molecule has 1 amide bonds. The van der Waals surface area contributed by atoms with E-state index >= 15 is 0 Å². The molecule has 4 rings (SSSR count). The molecule has 4 heterocycles. The fourth-order valence-electron chi connectivity index (χ4n) is 4.26. The lowest BCUT2D eigenvalue weighted by Gasteiger charge is -2.34. The number of amides is 1. The highest BCUT2D eigenvalue weighted by molar-refractivity contribution is 5.79. The number of carbonyl (C=O) groups is 1. The topological polar surface area (TPSA) is 70.6 Å². The summed E-state index contributed by atoms with van der Waals surface area (Å²) in [6, 6.07) is 0. The van der Waals surface area contributed by atoms with Crippen molar-refractivity contribution in [1.29, 1.82) is 0 Å². The highest BCUT2D eigenvalue weighted by Gasteiger charge is 2.28. The standard InChI is InChI=1S/C19H29N5O2/c25-19(21-12-16-4-3-11-26-16)15-5-9-23(10-6-15)17-13-20-14-22-18(17)24-7-1-2-8-24/h13-16H,1-12H2,(H,21,25)/t16-/m0/s1. The first-order valence-corrected chi connectivity index (χ1v) is 10.0. The van der Waals surface area contributed by atoms with Crippen LogP contribution in [0.15, 0.2) is 12.5 Å². The van der Waals surface area contributed by atoms with Crippen LogP contribution in [-0.4, -0.2) is 61.3 Å². The molecular weight excluding hydrogens is 330 g/mol. The lowest BCUT2D eigenvalue weighted by atomic mass is 9.95. The van der Waals surface area contributed by atoms with Crippen LogP contribution >= 0.6 is 0 Å². The second-order valence-electron chi connectivity index (χ2n) is 7.57. The van der Waals surface area contributed by atoms with Crippen molar-refractivity contribution in [3.05, 3.63) is 12.5 Å². The zero-order chi connectivity index (χ0) is 17.8. The Bertz CT molecular complexity index is 606. The molecule has 3 saturated heterocycles. The van der Waals surface area contributed by atoms with Crippen LogP contribution in [0.4, 0.5) is 11.5 Å². The molecule has 1 aromatic heterocycles. The van der Waals surface area contributed by atoms with Gasteiger partial charge in [0.25, 0.3) is 0 Å². The van der Waals surface area contributed by atoms with Crippen molar-refractivity contribution < 1.29 is 9.53 Å². The third-order valence-corrected chi connectivity index (χ3v) is 5.81. The Morgan fingerprint density at radius 3 is 2.65 bits per heavy atom. The maximum absolute atomic E-state index is 12.5. The first-order chi connectivity index (χ1) is 12.8. The van der Waals surface area contributed by atoms with Crippen LogP contribution in [0.25, 0.3) is 0 Å². The Kier molecular flexibility index (Phi) is 5.53. The van der Waals surface area contributed by atoms with Crippen molar-refractivity contribution in [2.45, 2.75) is 44.6 Å². The van der Waals surface area contributed by atoms with Gasteiger partial charge in [0, 0.05) is 45.2 Å². The molecule has 3 aliphatic rings. The van der Waals surface area contributed by atoms with Gasteiger partial charge >= 0.3 is 0 Å². The number of aromatic nitrogens is 2. The third kappa shape index (κ3) is 3.92. The van der Waals surface area contributed by atoms with Crippen LogP contribution < -0.4 is 15.1 Å². The van der Waals surface area contributed by atoms with E-state index in [9.17, 15) is 4.79 Å². The number of nitrogens with one attached hydrogen (secondary N) is 1. The normalized spacial score (nSPS) is 24.2. The van der Waals surface area contributed by atoms with Gasteiger partial charge in [-0.2, -0.15) is 0 Å². The van der Waals surface area contributed by atoms with E-state index in [4.69, 9.17) is 4.74 Å². The molecule has 1 N–H and O–H groups in total. The van der Waals surface area contributed by atoms with E-state index in [1.54, 1.807) is 6.33 Å². The van der Waals surface area contributed by atoms with Crippen LogP contribution in [0.5, 0.6) is 0 Å². The molecule has 0 aromatic carbocycles. The van der Waals surface area contributed by atoms with Gasteiger partial charge in [-0.05, 0) is 38.5 Å². The summed E-state index contributed by atoms with van der Waals surface area (Å²) in [5.41, 5.74) is 1.12. The fourth-order valence-corrected chi connectivity index (χ4v) is 4.26. The van der Waals surface area contributed by atoms with Gasteiger partial charge < -0.3 is 19.9 Å². The van der Waals surface area contributed by atoms with Crippen molar-refractivity contribution >= 4 is 17.4 Å². The Morgan fingerprint density at radius 2 is 1.92 bits per heavy atom. The van der Waals surface area contributed by atoms with E-state index in [1.165, 1.54) is 12.8 Å². The van der Waals surface area contributed by atoms with Crippen molar-refractivity contribution in [2.75, 3.05) is 49.1 Å². The minimum absolute atomic E-state index is 0.104. The van der Waals surface area contributed by atoms with Gasteiger partial charge in [-0.1, -0.05) is 0 Å². The molecule has 7 nitrogen and oxygen atoms in total. The van der Waals surface area contributed by atoms with E-state index in [1.807, 2.05) is 6.20 Å². The third-order valence-electron chi connectivity index (χ3n) is 5.81. The largest absolute Gasteiger partial charge is 0.376 e. The summed E-state index contributed by atoms with van der Waals surface area (Å²) in [5, 5.41) is 3.09. The number of piperidine rings is 1. The van der Waals surface area contributed by atoms with E-state index in [0.717, 1.165) is 70.0 Å². The second kappa shape index (κ2) is 8.20. The molecule has 7 heteroatoms.